The molecule has 2 aromatic rings. The van der Waals surface area contributed by atoms with Crippen LogP contribution in [-0.4, -0.2) is 24.6 Å². The molecule has 152 valence electrons. The highest BCUT2D eigenvalue weighted by molar-refractivity contribution is 7.89. The fourth-order valence-electron chi connectivity index (χ4n) is 3.79. The summed E-state index contributed by atoms with van der Waals surface area (Å²) >= 11 is 6.11. The largest absolute Gasteiger partial charge is 0.510 e. The Morgan fingerprint density at radius 1 is 1.03 bits per heavy atom. The molecule has 0 fully saturated rings. The molecular weight excluding hydrogens is 404 g/mol. The third-order valence-electron chi connectivity index (χ3n) is 5.56. The minimum absolute atomic E-state index is 0.125. The van der Waals surface area contributed by atoms with Gasteiger partial charge in [-0.1, -0.05) is 42.5 Å². The van der Waals surface area contributed by atoms with Crippen LogP contribution in [-0.2, 0) is 15.6 Å². The van der Waals surface area contributed by atoms with Crippen LogP contribution in [0.1, 0.15) is 44.4 Å². The number of hydrogen-bond donors (Lipinski definition) is 1. The molecule has 0 spiro atoms. The van der Waals surface area contributed by atoms with E-state index in [1.807, 2.05) is 37.3 Å². The summed E-state index contributed by atoms with van der Waals surface area (Å²) in [6, 6.07) is 11.3. The SMILES string of the molecule is C=Cc1cc(Cl)ccc1-c1ccc(C)c(C2=C(O)C(C)(C)S(=O)C(C)(C)C2=O)c1. The molecule has 3 nitrogen and oxygen atoms in total. The third kappa shape index (κ3) is 3.38. The van der Waals surface area contributed by atoms with Crippen LogP contribution in [0.15, 0.2) is 48.7 Å². The second-order valence-corrected chi connectivity index (χ2v) is 11.3. The Hall–Kier alpha value is -2.17. The molecular formula is C24H25ClO3S. The maximum Gasteiger partial charge on any atom is 0.184 e. The second-order valence-electron chi connectivity index (χ2n) is 8.31. The van der Waals surface area contributed by atoms with Crippen molar-refractivity contribution >= 4 is 39.8 Å². The highest BCUT2D eigenvalue weighted by Gasteiger charge is 2.52. The van der Waals surface area contributed by atoms with Gasteiger partial charge in [0.25, 0.3) is 0 Å². The van der Waals surface area contributed by atoms with Crippen molar-refractivity contribution in [1.82, 2.24) is 0 Å². The number of allylic oxidation sites excluding steroid dienone is 1. The average molecular weight is 429 g/mol. The van der Waals surface area contributed by atoms with Crippen molar-refractivity contribution in [1.29, 1.82) is 0 Å². The number of rotatable bonds is 3. The number of aryl methyl sites for hydroxylation is 1. The van der Waals surface area contributed by atoms with Crippen molar-refractivity contribution < 1.29 is 14.1 Å². The van der Waals surface area contributed by atoms with E-state index in [-0.39, 0.29) is 17.1 Å². The quantitative estimate of drug-likeness (QED) is 0.641. The molecule has 0 saturated heterocycles. The summed E-state index contributed by atoms with van der Waals surface area (Å²) in [7, 11) is -1.56. The first-order valence-corrected chi connectivity index (χ1v) is 10.9. The summed E-state index contributed by atoms with van der Waals surface area (Å²) < 4.78 is 10.8. The average Bonchev–Trinajstić information content (AvgIpc) is 2.67. The molecule has 1 unspecified atom stereocenters. The zero-order chi connectivity index (χ0) is 21.7. The normalized spacial score (nSPS) is 20.6. The van der Waals surface area contributed by atoms with Crippen LogP contribution < -0.4 is 0 Å². The van der Waals surface area contributed by atoms with Crippen LogP contribution in [0.5, 0.6) is 0 Å². The number of halogens is 1. The molecule has 3 rings (SSSR count). The molecule has 0 aliphatic carbocycles. The molecule has 5 heteroatoms. The topological polar surface area (TPSA) is 54.4 Å². The molecule has 0 amide bonds. The maximum atomic E-state index is 13.3. The summed E-state index contributed by atoms with van der Waals surface area (Å²) in [5.41, 5.74) is 4.43. The van der Waals surface area contributed by atoms with Gasteiger partial charge in [0.2, 0.25) is 0 Å². The second kappa shape index (κ2) is 7.26. The first kappa shape index (κ1) is 21.5. The lowest BCUT2D eigenvalue weighted by atomic mass is 9.85. The van der Waals surface area contributed by atoms with Gasteiger partial charge in [-0.15, -0.1) is 0 Å². The number of benzene rings is 2. The van der Waals surface area contributed by atoms with Gasteiger partial charge in [0.1, 0.15) is 10.5 Å². The molecule has 2 aromatic carbocycles. The Morgan fingerprint density at radius 3 is 2.31 bits per heavy atom. The Kier molecular flexibility index (Phi) is 5.39. The fourth-order valence-corrected chi connectivity index (χ4v) is 5.80. The van der Waals surface area contributed by atoms with Gasteiger partial charge >= 0.3 is 0 Å². The maximum absolute atomic E-state index is 13.3. The van der Waals surface area contributed by atoms with Crippen LogP contribution in [0.3, 0.4) is 0 Å². The van der Waals surface area contributed by atoms with Crippen molar-refractivity contribution in [3.05, 3.63) is 70.4 Å². The van der Waals surface area contributed by atoms with E-state index in [1.54, 1.807) is 39.8 Å². The first-order chi connectivity index (χ1) is 13.4. The van der Waals surface area contributed by atoms with Gasteiger partial charge < -0.3 is 5.11 Å². The van der Waals surface area contributed by atoms with E-state index in [0.29, 0.717) is 10.6 Å². The number of carbonyl (C=O) groups excluding carboxylic acids is 1. The molecule has 1 atom stereocenters. The number of Topliss-reactive ketones (excluding diaryl/α,β-unsaturated/α-hetero) is 1. The van der Waals surface area contributed by atoms with Crippen LogP contribution >= 0.6 is 11.6 Å². The zero-order valence-electron chi connectivity index (χ0n) is 17.3. The monoisotopic (exact) mass is 428 g/mol. The third-order valence-corrected chi connectivity index (χ3v) is 8.03. The smallest absolute Gasteiger partial charge is 0.184 e. The van der Waals surface area contributed by atoms with Gasteiger partial charge in [-0.3, -0.25) is 9.00 Å². The van der Waals surface area contributed by atoms with Crippen LogP contribution in [0.2, 0.25) is 5.02 Å². The van der Waals surface area contributed by atoms with Gasteiger partial charge in [-0.05, 0) is 80.6 Å². The lowest BCUT2D eigenvalue weighted by molar-refractivity contribution is -0.115. The predicted molar refractivity (Wildman–Crippen MR) is 123 cm³/mol. The van der Waals surface area contributed by atoms with E-state index in [9.17, 15) is 14.1 Å². The van der Waals surface area contributed by atoms with Crippen molar-refractivity contribution in [3.63, 3.8) is 0 Å². The lowest BCUT2D eigenvalue weighted by Crippen LogP contribution is -2.52. The molecule has 0 aromatic heterocycles. The van der Waals surface area contributed by atoms with Crippen molar-refractivity contribution in [3.8, 4) is 11.1 Å². The zero-order valence-corrected chi connectivity index (χ0v) is 18.9. The van der Waals surface area contributed by atoms with E-state index in [0.717, 1.165) is 22.3 Å². The summed E-state index contributed by atoms with van der Waals surface area (Å²) in [4.78, 5) is 13.3. The molecule has 1 aliphatic heterocycles. The van der Waals surface area contributed by atoms with E-state index in [2.05, 4.69) is 6.58 Å². The highest BCUT2D eigenvalue weighted by atomic mass is 35.5. The molecule has 1 N–H and O–H groups in total. The Bertz CT molecular complexity index is 1090. The minimum Gasteiger partial charge on any atom is -0.510 e. The summed E-state index contributed by atoms with van der Waals surface area (Å²) in [6.45, 7) is 12.5. The Morgan fingerprint density at radius 2 is 1.69 bits per heavy atom. The Balaban J connectivity index is 2.29. The van der Waals surface area contributed by atoms with Crippen molar-refractivity contribution in [2.75, 3.05) is 0 Å². The molecule has 29 heavy (non-hydrogen) atoms. The highest BCUT2D eigenvalue weighted by Crippen LogP contribution is 2.44. The molecule has 0 bridgehead atoms. The first-order valence-electron chi connectivity index (χ1n) is 9.36. The van der Waals surface area contributed by atoms with Crippen LogP contribution in [0.4, 0.5) is 0 Å². The van der Waals surface area contributed by atoms with E-state index in [4.69, 9.17) is 11.6 Å². The number of aliphatic hydroxyl groups excluding tert-OH is 1. The van der Waals surface area contributed by atoms with E-state index < -0.39 is 20.3 Å². The number of aliphatic hydroxyl groups is 1. The summed E-state index contributed by atoms with van der Waals surface area (Å²) in [5.74, 6) is -0.437. The molecule has 1 heterocycles. The number of ketones is 1. The minimum atomic E-state index is -1.56. The van der Waals surface area contributed by atoms with Gasteiger partial charge in [0, 0.05) is 15.8 Å². The van der Waals surface area contributed by atoms with E-state index >= 15 is 0 Å². The van der Waals surface area contributed by atoms with Gasteiger partial charge in [-0.25, -0.2) is 0 Å². The van der Waals surface area contributed by atoms with Crippen LogP contribution in [0.25, 0.3) is 22.8 Å². The van der Waals surface area contributed by atoms with Crippen molar-refractivity contribution in [2.24, 2.45) is 0 Å². The lowest BCUT2D eigenvalue weighted by Gasteiger charge is -2.39. The van der Waals surface area contributed by atoms with Gasteiger partial charge in [-0.2, -0.15) is 0 Å². The summed E-state index contributed by atoms with van der Waals surface area (Å²) in [5, 5.41) is 11.6. The fraction of sp³-hybridized carbons (Fsp3) is 0.292. The number of carbonyl (C=O) groups is 1. The van der Waals surface area contributed by atoms with Gasteiger partial charge in [0.05, 0.1) is 10.3 Å². The predicted octanol–water partition coefficient (Wildman–Crippen LogP) is 6.12. The van der Waals surface area contributed by atoms with Gasteiger partial charge in [0.15, 0.2) is 5.78 Å². The number of hydrogen-bond acceptors (Lipinski definition) is 3. The molecule has 0 radical (unpaired) electrons. The molecule has 0 saturated carbocycles. The van der Waals surface area contributed by atoms with E-state index in [1.165, 1.54) is 0 Å². The Labute approximate surface area is 179 Å². The standard InChI is InChI=1S/C24H25ClO3S/c1-7-15-12-17(25)10-11-18(15)16-9-8-14(2)19(13-16)20-21(26)23(3,4)29(28)24(5,6)22(20)27/h7-13,26H,1H2,2-6H3. The van der Waals surface area contributed by atoms with Crippen molar-refractivity contribution in [2.45, 2.75) is 44.1 Å². The van der Waals surface area contributed by atoms with Crippen LogP contribution in [0, 0.1) is 6.92 Å². The summed E-state index contributed by atoms with van der Waals surface area (Å²) in [6.07, 6.45) is 1.73. The molecule has 1 aliphatic rings.